The molecule has 0 unspecified atom stereocenters. The van der Waals surface area contributed by atoms with Crippen LogP contribution in [0.1, 0.15) is 15.2 Å². The van der Waals surface area contributed by atoms with E-state index in [1.807, 2.05) is 19.1 Å². The Hall–Kier alpha value is -2.01. The highest BCUT2D eigenvalue weighted by atomic mass is 32.1. The van der Waals surface area contributed by atoms with Crippen LogP contribution < -0.4 is 15.8 Å². The molecule has 1 amide bonds. The molecule has 1 aromatic heterocycles. The second-order valence-electron chi connectivity index (χ2n) is 3.84. The molecule has 4 nitrogen and oxygen atoms in total. The number of thiophene rings is 1. The van der Waals surface area contributed by atoms with E-state index in [1.54, 1.807) is 24.6 Å². The van der Waals surface area contributed by atoms with Gasteiger partial charge in [-0.05, 0) is 42.1 Å². The first-order chi connectivity index (χ1) is 8.61. The van der Waals surface area contributed by atoms with E-state index in [0.29, 0.717) is 10.6 Å². The number of hydrogen-bond acceptors (Lipinski definition) is 4. The van der Waals surface area contributed by atoms with Gasteiger partial charge in [0.1, 0.15) is 10.6 Å². The van der Waals surface area contributed by atoms with E-state index in [9.17, 15) is 4.79 Å². The Labute approximate surface area is 109 Å². The fourth-order valence-corrected chi connectivity index (χ4v) is 2.30. The van der Waals surface area contributed by atoms with E-state index in [4.69, 9.17) is 10.5 Å². The van der Waals surface area contributed by atoms with Crippen LogP contribution in [-0.4, -0.2) is 13.0 Å². The van der Waals surface area contributed by atoms with Crippen molar-refractivity contribution in [1.82, 2.24) is 0 Å². The molecule has 2 rings (SSSR count). The molecule has 18 heavy (non-hydrogen) atoms. The lowest BCUT2D eigenvalue weighted by atomic mass is 10.2. The molecule has 0 saturated carbocycles. The largest absolute Gasteiger partial charge is 0.497 e. The van der Waals surface area contributed by atoms with Gasteiger partial charge in [-0.2, -0.15) is 0 Å². The van der Waals surface area contributed by atoms with E-state index in [0.717, 1.165) is 17.0 Å². The molecule has 2 aromatic rings. The maximum atomic E-state index is 12.0. The molecule has 0 aliphatic rings. The smallest absolute Gasteiger partial charge is 0.267 e. The number of aryl methyl sites for hydroxylation is 1. The van der Waals surface area contributed by atoms with Crippen molar-refractivity contribution in [2.75, 3.05) is 18.2 Å². The number of nitrogens with two attached hydrogens (primary N) is 1. The van der Waals surface area contributed by atoms with Gasteiger partial charge in [-0.25, -0.2) is 0 Å². The zero-order chi connectivity index (χ0) is 13.1. The van der Waals surface area contributed by atoms with Crippen LogP contribution in [-0.2, 0) is 0 Å². The SMILES string of the molecule is COc1ccc(NC(=O)c2sccc2N)c(C)c1. The lowest BCUT2D eigenvalue weighted by Crippen LogP contribution is -2.12. The van der Waals surface area contributed by atoms with E-state index in [-0.39, 0.29) is 5.91 Å². The minimum absolute atomic E-state index is 0.184. The van der Waals surface area contributed by atoms with E-state index >= 15 is 0 Å². The van der Waals surface area contributed by atoms with Gasteiger partial charge in [-0.3, -0.25) is 4.79 Å². The number of methoxy groups -OCH3 is 1. The number of hydrogen-bond donors (Lipinski definition) is 2. The molecular weight excluding hydrogens is 248 g/mol. The van der Waals surface area contributed by atoms with Crippen LogP contribution in [0.4, 0.5) is 11.4 Å². The van der Waals surface area contributed by atoms with Crippen molar-refractivity contribution in [1.29, 1.82) is 0 Å². The number of anilines is 2. The van der Waals surface area contributed by atoms with Gasteiger partial charge in [-0.15, -0.1) is 11.3 Å². The number of ether oxygens (including phenoxy) is 1. The first-order valence-corrected chi connectivity index (χ1v) is 6.28. The molecule has 94 valence electrons. The summed E-state index contributed by atoms with van der Waals surface area (Å²) in [4.78, 5) is 12.5. The molecule has 0 aliphatic heterocycles. The van der Waals surface area contributed by atoms with Gasteiger partial charge in [0.25, 0.3) is 5.91 Å². The highest BCUT2D eigenvalue weighted by Crippen LogP contribution is 2.24. The molecule has 0 fully saturated rings. The predicted octanol–water partition coefficient (Wildman–Crippen LogP) is 2.90. The minimum Gasteiger partial charge on any atom is -0.497 e. The second-order valence-corrected chi connectivity index (χ2v) is 4.76. The van der Waals surface area contributed by atoms with Crippen molar-refractivity contribution >= 4 is 28.6 Å². The van der Waals surface area contributed by atoms with Gasteiger partial charge in [-0.1, -0.05) is 0 Å². The van der Waals surface area contributed by atoms with Gasteiger partial charge in [0.2, 0.25) is 0 Å². The average molecular weight is 262 g/mol. The monoisotopic (exact) mass is 262 g/mol. The maximum Gasteiger partial charge on any atom is 0.267 e. The van der Waals surface area contributed by atoms with Crippen molar-refractivity contribution < 1.29 is 9.53 Å². The third kappa shape index (κ3) is 2.46. The summed E-state index contributed by atoms with van der Waals surface area (Å²) in [6.45, 7) is 1.91. The molecule has 0 spiro atoms. The summed E-state index contributed by atoms with van der Waals surface area (Å²) in [6.07, 6.45) is 0. The zero-order valence-corrected chi connectivity index (χ0v) is 11.0. The maximum absolute atomic E-state index is 12.0. The average Bonchev–Trinajstić information content (AvgIpc) is 2.78. The van der Waals surface area contributed by atoms with Crippen LogP contribution >= 0.6 is 11.3 Å². The van der Waals surface area contributed by atoms with Gasteiger partial charge in [0, 0.05) is 5.69 Å². The Morgan fingerprint density at radius 1 is 1.39 bits per heavy atom. The summed E-state index contributed by atoms with van der Waals surface area (Å²) in [5.74, 6) is 0.580. The van der Waals surface area contributed by atoms with Crippen molar-refractivity contribution in [2.45, 2.75) is 6.92 Å². The molecule has 0 radical (unpaired) electrons. The fraction of sp³-hybridized carbons (Fsp3) is 0.154. The highest BCUT2D eigenvalue weighted by molar-refractivity contribution is 7.12. The molecule has 1 aromatic carbocycles. The summed E-state index contributed by atoms with van der Waals surface area (Å²) in [5, 5.41) is 4.64. The molecule has 0 bridgehead atoms. The summed E-state index contributed by atoms with van der Waals surface area (Å²) < 4.78 is 5.12. The summed E-state index contributed by atoms with van der Waals surface area (Å²) >= 11 is 1.33. The third-order valence-corrected chi connectivity index (χ3v) is 3.51. The van der Waals surface area contributed by atoms with E-state index in [1.165, 1.54) is 11.3 Å². The van der Waals surface area contributed by atoms with Crippen molar-refractivity contribution in [3.63, 3.8) is 0 Å². The minimum atomic E-state index is -0.184. The Morgan fingerprint density at radius 2 is 2.17 bits per heavy atom. The standard InChI is InChI=1S/C13H14N2O2S/c1-8-7-9(17-2)3-4-11(8)15-13(16)12-10(14)5-6-18-12/h3-7H,14H2,1-2H3,(H,15,16). The number of rotatable bonds is 3. The summed E-state index contributed by atoms with van der Waals surface area (Å²) in [7, 11) is 1.61. The zero-order valence-electron chi connectivity index (χ0n) is 10.2. The molecule has 0 atom stereocenters. The molecular formula is C13H14N2O2S. The molecule has 5 heteroatoms. The molecule has 1 heterocycles. The van der Waals surface area contributed by atoms with Crippen LogP contribution in [0.3, 0.4) is 0 Å². The fourth-order valence-electron chi connectivity index (χ4n) is 1.59. The number of carbonyl (C=O) groups is 1. The molecule has 0 saturated heterocycles. The predicted molar refractivity (Wildman–Crippen MR) is 74.4 cm³/mol. The quantitative estimate of drug-likeness (QED) is 0.894. The molecule has 0 aliphatic carbocycles. The number of carbonyl (C=O) groups excluding carboxylic acids is 1. The summed E-state index contributed by atoms with van der Waals surface area (Å²) in [6, 6.07) is 7.21. The first-order valence-electron chi connectivity index (χ1n) is 5.41. The first kappa shape index (κ1) is 12.4. The Kier molecular flexibility index (Phi) is 3.53. The number of nitrogen functional groups attached to an aromatic ring is 1. The second kappa shape index (κ2) is 5.10. The molecule has 3 N–H and O–H groups in total. The van der Waals surface area contributed by atoms with Gasteiger partial charge < -0.3 is 15.8 Å². The van der Waals surface area contributed by atoms with Crippen molar-refractivity contribution in [3.8, 4) is 5.75 Å². The number of amides is 1. The van der Waals surface area contributed by atoms with Gasteiger partial charge >= 0.3 is 0 Å². The third-order valence-electron chi connectivity index (χ3n) is 2.58. The van der Waals surface area contributed by atoms with Gasteiger partial charge in [0.05, 0.1) is 12.8 Å². The van der Waals surface area contributed by atoms with Crippen LogP contribution in [0.5, 0.6) is 5.75 Å². The number of nitrogens with one attached hydrogen (secondary N) is 1. The van der Waals surface area contributed by atoms with E-state index < -0.39 is 0 Å². The number of benzene rings is 1. The van der Waals surface area contributed by atoms with Crippen LogP contribution in [0.15, 0.2) is 29.6 Å². The van der Waals surface area contributed by atoms with Crippen molar-refractivity contribution in [2.24, 2.45) is 0 Å². The van der Waals surface area contributed by atoms with Gasteiger partial charge in [0.15, 0.2) is 0 Å². The normalized spacial score (nSPS) is 10.1. The lowest BCUT2D eigenvalue weighted by molar-refractivity contribution is 0.103. The Bertz CT molecular complexity index is 578. The lowest BCUT2D eigenvalue weighted by Gasteiger charge is -2.09. The van der Waals surface area contributed by atoms with Crippen molar-refractivity contribution in [3.05, 3.63) is 40.1 Å². The van der Waals surface area contributed by atoms with Crippen LogP contribution in [0, 0.1) is 6.92 Å². The van der Waals surface area contributed by atoms with E-state index in [2.05, 4.69) is 5.32 Å². The van der Waals surface area contributed by atoms with Crippen LogP contribution in [0.25, 0.3) is 0 Å². The Balaban J connectivity index is 2.20. The summed E-state index contributed by atoms with van der Waals surface area (Å²) in [5.41, 5.74) is 7.91. The highest BCUT2D eigenvalue weighted by Gasteiger charge is 2.12. The topological polar surface area (TPSA) is 64.3 Å². The Morgan fingerprint density at radius 3 is 2.72 bits per heavy atom. The van der Waals surface area contributed by atoms with Crippen LogP contribution in [0.2, 0.25) is 0 Å².